The van der Waals surface area contributed by atoms with E-state index >= 15 is 0 Å². The Kier molecular flexibility index (Phi) is 3.19. The summed E-state index contributed by atoms with van der Waals surface area (Å²) in [6.07, 6.45) is 5.25. The van der Waals surface area contributed by atoms with Crippen LogP contribution in [0.4, 0.5) is 0 Å². The fourth-order valence-corrected chi connectivity index (χ4v) is 2.99. The van der Waals surface area contributed by atoms with Crippen molar-refractivity contribution in [2.24, 2.45) is 0 Å². The number of rotatable bonds is 4. The van der Waals surface area contributed by atoms with Crippen LogP contribution in [0.3, 0.4) is 0 Å². The van der Waals surface area contributed by atoms with Crippen LogP contribution in [-0.4, -0.2) is 18.6 Å². The lowest BCUT2D eigenvalue weighted by Gasteiger charge is -2.22. The van der Waals surface area contributed by atoms with Gasteiger partial charge >= 0.3 is 0 Å². The Morgan fingerprint density at radius 3 is 2.86 bits per heavy atom. The molecule has 1 aliphatic rings. The molecule has 0 saturated heterocycles. The summed E-state index contributed by atoms with van der Waals surface area (Å²) in [6.45, 7) is 3.21. The second-order valence-corrected chi connectivity index (χ2v) is 5.16. The Hall–Kier alpha value is -0.410. The maximum Gasteiger partial charge on any atom is 0.0961 e. The molecular weight excluding hydrogens is 192 g/mol. The maximum absolute atomic E-state index is 4.68. The van der Waals surface area contributed by atoms with Gasteiger partial charge in [-0.2, -0.15) is 0 Å². The average molecular weight is 210 g/mol. The highest BCUT2D eigenvalue weighted by atomic mass is 32.1. The second kappa shape index (κ2) is 4.41. The van der Waals surface area contributed by atoms with E-state index in [9.17, 15) is 0 Å². The molecule has 0 atom stereocenters. The lowest BCUT2D eigenvalue weighted by atomic mass is 9.86. The van der Waals surface area contributed by atoms with Crippen molar-refractivity contribution < 1.29 is 0 Å². The van der Waals surface area contributed by atoms with Crippen molar-refractivity contribution in [3.8, 4) is 0 Å². The molecule has 2 nitrogen and oxygen atoms in total. The van der Waals surface area contributed by atoms with E-state index in [0.29, 0.717) is 0 Å². The minimum Gasteiger partial charge on any atom is -0.319 e. The first kappa shape index (κ1) is 10.1. The summed E-state index contributed by atoms with van der Waals surface area (Å²) >= 11 is 1.93. The summed E-state index contributed by atoms with van der Waals surface area (Å²) in [5, 5.41) is 4.58. The van der Waals surface area contributed by atoms with Crippen LogP contribution < -0.4 is 5.32 Å². The molecule has 1 fully saturated rings. The Labute approximate surface area is 89.8 Å². The zero-order valence-corrected chi connectivity index (χ0v) is 9.78. The van der Waals surface area contributed by atoms with Gasteiger partial charge < -0.3 is 5.32 Å². The van der Waals surface area contributed by atoms with Gasteiger partial charge in [0.25, 0.3) is 0 Å². The van der Waals surface area contributed by atoms with E-state index in [4.69, 9.17) is 0 Å². The van der Waals surface area contributed by atoms with E-state index in [-0.39, 0.29) is 0 Å². The van der Waals surface area contributed by atoms with Gasteiger partial charge in [-0.15, -0.1) is 11.3 Å². The summed E-state index contributed by atoms with van der Waals surface area (Å²) in [7, 11) is 2.00. The molecule has 2 rings (SSSR count). The van der Waals surface area contributed by atoms with Gasteiger partial charge in [0, 0.05) is 10.8 Å². The van der Waals surface area contributed by atoms with E-state index < -0.39 is 0 Å². The van der Waals surface area contributed by atoms with Crippen molar-refractivity contribution in [2.45, 2.75) is 38.5 Å². The zero-order chi connectivity index (χ0) is 9.97. The first-order chi connectivity index (χ1) is 6.81. The Morgan fingerprint density at radius 1 is 1.50 bits per heavy atom. The SMILES string of the molecule is CNCCc1sc(C2CCC2)nc1C. The number of nitrogens with one attached hydrogen (secondary N) is 1. The van der Waals surface area contributed by atoms with Crippen molar-refractivity contribution in [2.75, 3.05) is 13.6 Å². The molecule has 1 saturated carbocycles. The quantitative estimate of drug-likeness (QED) is 0.826. The highest BCUT2D eigenvalue weighted by Gasteiger charge is 2.23. The van der Waals surface area contributed by atoms with E-state index in [1.807, 2.05) is 18.4 Å². The van der Waals surface area contributed by atoms with E-state index in [0.717, 1.165) is 18.9 Å². The standard InChI is InChI=1S/C11H18N2S/c1-8-10(6-7-12-2)14-11(13-8)9-4-3-5-9/h9,12H,3-7H2,1-2H3. The summed E-state index contributed by atoms with van der Waals surface area (Å²) in [4.78, 5) is 6.15. The van der Waals surface area contributed by atoms with Crippen molar-refractivity contribution in [3.63, 3.8) is 0 Å². The van der Waals surface area contributed by atoms with Crippen molar-refractivity contribution in [1.29, 1.82) is 0 Å². The Morgan fingerprint density at radius 2 is 2.29 bits per heavy atom. The molecule has 0 aliphatic heterocycles. The molecule has 1 aliphatic carbocycles. The fraction of sp³-hybridized carbons (Fsp3) is 0.727. The van der Waals surface area contributed by atoms with Gasteiger partial charge in [0.1, 0.15) is 0 Å². The minimum atomic E-state index is 0.794. The smallest absolute Gasteiger partial charge is 0.0961 e. The van der Waals surface area contributed by atoms with Crippen molar-refractivity contribution in [1.82, 2.24) is 10.3 Å². The molecule has 0 bridgehead atoms. The molecular formula is C11H18N2S. The van der Waals surface area contributed by atoms with Crippen LogP contribution in [0.2, 0.25) is 0 Å². The molecule has 0 amide bonds. The summed E-state index contributed by atoms with van der Waals surface area (Å²) in [5.74, 6) is 0.794. The number of likely N-dealkylation sites (N-methyl/N-ethyl adjacent to an activating group) is 1. The van der Waals surface area contributed by atoms with Crippen LogP contribution in [0.5, 0.6) is 0 Å². The van der Waals surface area contributed by atoms with Gasteiger partial charge in [-0.05, 0) is 39.8 Å². The molecule has 3 heteroatoms. The third kappa shape index (κ3) is 1.98. The number of aryl methyl sites for hydroxylation is 1. The molecule has 1 heterocycles. The molecule has 0 radical (unpaired) electrons. The number of thiazole rings is 1. The van der Waals surface area contributed by atoms with E-state index in [2.05, 4.69) is 17.2 Å². The lowest BCUT2D eigenvalue weighted by molar-refractivity contribution is 0.418. The van der Waals surface area contributed by atoms with Crippen LogP contribution >= 0.6 is 11.3 Å². The zero-order valence-electron chi connectivity index (χ0n) is 8.97. The van der Waals surface area contributed by atoms with Crippen LogP contribution in [-0.2, 0) is 6.42 Å². The molecule has 0 unspecified atom stereocenters. The number of hydrogen-bond donors (Lipinski definition) is 1. The van der Waals surface area contributed by atoms with Crippen LogP contribution in [0.15, 0.2) is 0 Å². The first-order valence-corrected chi connectivity index (χ1v) is 6.23. The van der Waals surface area contributed by atoms with Crippen LogP contribution in [0.25, 0.3) is 0 Å². The predicted molar refractivity (Wildman–Crippen MR) is 61.1 cm³/mol. The number of aromatic nitrogens is 1. The van der Waals surface area contributed by atoms with Gasteiger partial charge in [0.15, 0.2) is 0 Å². The highest BCUT2D eigenvalue weighted by molar-refractivity contribution is 7.11. The van der Waals surface area contributed by atoms with Crippen LogP contribution in [0, 0.1) is 6.92 Å². The molecule has 1 aromatic heterocycles. The number of hydrogen-bond acceptors (Lipinski definition) is 3. The Balaban J connectivity index is 2.04. The monoisotopic (exact) mass is 210 g/mol. The Bertz CT molecular complexity index is 302. The average Bonchev–Trinajstić information content (AvgIpc) is 2.40. The van der Waals surface area contributed by atoms with Gasteiger partial charge in [0.2, 0.25) is 0 Å². The second-order valence-electron chi connectivity index (χ2n) is 4.04. The molecule has 78 valence electrons. The minimum absolute atomic E-state index is 0.794. The molecule has 1 aromatic rings. The maximum atomic E-state index is 4.68. The summed E-state index contributed by atoms with van der Waals surface area (Å²) < 4.78 is 0. The largest absolute Gasteiger partial charge is 0.319 e. The first-order valence-electron chi connectivity index (χ1n) is 5.42. The predicted octanol–water partition coefficient (Wildman–Crippen LogP) is 2.48. The fourth-order valence-electron chi connectivity index (χ4n) is 1.75. The van der Waals surface area contributed by atoms with Gasteiger partial charge in [-0.25, -0.2) is 4.98 Å². The molecule has 1 N–H and O–H groups in total. The lowest BCUT2D eigenvalue weighted by Crippen LogP contribution is -2.09. The third-order valence-electron chi connectivity index (χ3n) is 2.97. The number of nitrogens with zero attached hydrogens (tertiary/aromatic N) is 1. The van der Waals surface area contributed by atoms with Crippen LogP contribution in [0.1, 0.15) is 40.8 Å². The normalized spacial score (nSPS) is 17.0. The van der Waals surface area contributed by atoms with Gasteiger partial charge in [-0.3, -0.25) is 0 Å². The topological polar surface area (TPSA) is 24.9 Å². The van der Waals surface area contributed by atoms with Gasteiger partial charge in [0.05, 0.1) is 10.7 Å². The summed E-state index contributed by atoms with van der Waals surface area (Å²) in [6, 6.07) is 0. The van der Waals surface area contributed by atoms with Gasteiger partial charge in [-0.1, -0.05) is 6.42 Å². The van der Waals surface area contributed by atoms with Crippen molar-refractivity contribution >= 4 is 11.3 Å². The third-order valence-corrected chi connectivity index (χ3v) is 4.35. The van der Waals surface area contributed by atoms with E-state index in [1.165, 1.54) is 34.8 Å². The molecule has 14 heavy (non-hydrogen) atoms. The summed E-state index contributed by atoms with van der Waals surface area (Å²) in [5.41, 5.74) is 1.26. The molecule has 0 spiro atoms. The highest BCUT2D eigenvalue weighted by Crippen LogP contribution is 2.39. The van der Waals surface area contributed by atoms with Crippen molar-refractivity contribution in [3.05, 3.63) is 15.6 Å². The van der Waals surface area contributed by atoms with E-state index in [1.54, 1.807) is 0 Å². The molecule has 0 aromatic carbocycles.